The van der Waals surface area contributed by atoms with E-state index in [0.717, 1.165) is 0 Å². The third kappa shape index (κ3) is 3.84. The maximum atomic E-state index is 12.3. The quantitative estimate of drug-likeness (QED) is 0.936. The normalized spacial score (nSPS) is 16.0. The molecule has 0 spiro atoms. The molecule has 1 atom stereocenters. The molecule has 3 rings (SSSR count). The van der Waals surface area contributed by atoms with Crippen LogP contribution in [0.5, 0.6) is 0 Å². The van der Waals surface area contributed by atoms with Crippen LogP contribution in [0.25, 0.3) is 0 Å². The van der Waals surface area contributed by atoms with E-state index in [1.54, 1.807) is 17.0 Å². The Morgan fingerprint density at radius 1 is 1.13 bits per heavy atom. The van der Waals surface area contributed by atoms with Gasteiger partial charge >= 0.3 is 0 Å². The Labute approximate surface area is 135 Å². The number of carbonyl (C=O) groups excluding carboxylic acids is 1. The Morgan fingerprint density at radius 2 is 1.87 bits per heavy atom. The molecule has 2 heterocycles. The molecule has 1 aromatic carbocycles. The smallest absolute Gasteiger partial charge is 0.274 e. The van der Waals surface area contributed by atoms with Crippen LogP contribution in [0.4, 0.5) is 5.82 Å². The van der Waals surface area contributed by atoms with Gasteiger partial charge in [0.05, 0.1) is 13.2 Å². The molecule has 2 aromatic rings. The van der Waals surface area contributed by atoms with Gasteiger partial charge in [0.25, 0.3) is 5.91 Å². The summed E-state index contributed by atoms with van der Waals surface area (Å²) in [5, 5.41) is 11.5. The zero-order chi connectivity index (χ0) is 16.1. The van der Waals surface area contributed by atoms with Crippen LogP contribution < -0.4 is 5.32 Å². The van der Waals surface area contributed by atoms with Gasteiger partial charge in [-0.25, -0.2) is 0 Å². The van der Waals surface area contributed by atoms with E-state index >= 15 is 0 Å². The van der Waals surface area contributed by atoms with Gasteiger partial charge in [-0.15, -0.1) is 10.2 Å². The lowest BCUT2D eigenvalue weighted by atomic mass is 10.1. The molecule has 6 nitrogen and oxygen atoms in total. The summed E-state index contributed by atoms with van der Waals surface area (Å²) in [5.41, 5.74) is 1.53. The van der Waals surface area contributed by atoms with Crippen molar-refractivity contribution in [3.8, 4) is 0 Å². The van der Waals surface area contributed by atoms with Gasteiger partial charge < -0.3 is 15.0 Å². The van der Waals surface area contributed by atoms with E-state index in [2.05, 4.69) is 34.6 Å². The van der Waals surface area contributed by atoms with Crippen molar-refractivity contribution in [1.29, 1.82) is 0 Å². The van der Waals surface area contributed by atoms with Gasteiger partial charge in [-0.3, -0.25) is 4.79 Å². The molecule has 1 aromatic heterocycles. The molecule has 1 aliphatic rings. The fourth-order valence-electron chi connectivity index (χ4n) is 2.50. The second-order valence-corrected chi connectivity index (χ2v) is 5.49. The first-order valence-corrected chi connectivity index (χ1v) is 7.76. The minimum atomic E-state index is -0.0940. The molecular formula is C17H20N4O2. The number of nitrogens with zero attached hydrogens (tertiary/aromatic N) is 3. The van der Waals surface area contributed by atoms with Crippen molar-refractivity contribution in [2.75, 3.05) is 31.6 Å². The van der Waals surface area contributed by atoms with Crippen LogP contribution in [0, 0.1) is 0 Å². The van der Waals surface area contributed by atoms with Crippen LogP contribution >= 0.6 is 0 Å². The Hall–Kier alpha value is -2.47. The predicted octanol–water partition coefficient (Wildman–Crippen LogP) is 2.12. The zero-order valence-electron chi connectivity index (χ0n) is 13.1. The van der Waals surface area contributed by atoms with Crippen LogP contribution in [0.3, 0.4) is 0 Å². The Morgan fingerprint density at radius 3 is 2.52 bits per heavy atom. The number of ether oxygens (including phenoxy) is 1. The highest BCUT2D eigenvalue weighted by atomic mass is 16.5. The average molecular weight is 312 g/mol. The molecule has 1 unspecified atom stereocenters. The molecule has 120 valence electrons. The number of hydrogen-bond acceptors (Lipinski definition) is 5. The Bertz CT molecular complexity index is 639. The lowest BCUT2D eigenvalue weighted by Crippen LogP contribution is -2.41. The number of benzene rings is 1. The average Bonchev–Trinajstić information content (AvgIpc) is 2.63. The Balaban J connectivity index is 1.63. The highest BCUT2D eigenvalue weighted by Gasteiger charge is 2.20. The van der Waals surface area contributed by atoms with Crippen molar-refractivity contribution in [2.45, 2.75) is 13.0 Å². The van der Waals surface area contributed by atoms with Gasteiger partial charge in [-0.05, 0) is 24.6 Å². The van der Waals surface area contributed by atoms with E-state index < -0.39 is 0 Å². The Kier molecular flexibility index (Phi) is 4.83. The van der Waals surface area contributed by atoms with E-state index in [-0.39, 0.29) is 11.9 Å². The summed E-state index contributed by atoms with van der Waals surface area (Å²) >= 11 is 0. The van der Waals surface area contributed by atoms with Crippen LogP contribution in [0.1, 0.15) is 29.0 Å². The van der Waals surface area contributed by atoms with E-state index in [1.165, 1.54) is 5.56 Å². The standard InChI is InChI=1S/C17H20N4O2/c1-13(14-5-3-2-4-6-14)18-16-8-7-15(19-20-16)17(22)21-9-11-23-12-10-21/h2-8,13H,9-12H2,1H3,(H,18,20). The van der Waals surface area contributed by atoms with E-state index in [4.69, 9.17) is 4.74 Å². The van der Waals surface area contributed by atoms with Crippen molar-refractivity contribution >= 4 is 11.7 Å². The monoisotopic (exact) mass is 312 g/mol. The molecule has 1 N–H and O–H groups in total. The summed E-state index contributed by atoms with van der Waals surface area (Å²) in [6.07, 6.45) is 0. The van der Waals surface area contributed by atoms with E-state index in [9.17, 15) is 4.79 Å². The molecule has 1 aliphatic heterocycles. The van der Waals surface area contributed by atoms with Gasteiger partial charge in [0.15, 0.2) is 5.69 Å². The number of anilines is 1. The SMILES string of the molecule is CC(Nc1ccc(C(=O)N2CCOCC2)nn1)c1ccccc1. The maximum Gasteiger partial charge on any atom is 0.274 e. The number of aromatic nitrogens is 2. The first-order chi connectivity index (χ1) is 11.2. The predicted molar refractivity (Wildman–Crippen MR) is 87.2 cm³/mol. The summed E-state index contributed by atoms with van der Waals surface area (Å²) in [5.74, 6) is 0.559. The number of morpholine rings is 1. The van der Waals surface area contributed by atoms with E-state index in [0.29, 0.717) is 37.8 Å². The van der Waals surface area contributed by atoms with Crippen LogP contribution in [0.2, 0.25) is 0 Å². The number of nitrogens with one attached hydrogen (secondary N) is 1. The van der Waals surface area contributed by atoms with Gasteiger partial charge in [0.2, 0.25) is 0 Å². The zero-order valence-corrected chi connectivity index (χ0v) is 13.1. The summed E-state index contributed by atoms with van der Waals surface area (Å²) in [6, 6.07) is 13.7. The summed E-state index contributed by atoms with van der Waals surface area (Å²) in [6.45, 7) is 4.42. The third-order valence-corrected chi connectivity index (χ3v) is 3.85. The molecule has 1 fully saturated rings. The minimum absolute atomic E-state index is 0.0940. The molecule has 0 aliphatic carbocycles. The second-order valence-electron chi connectivity index (χ2n) is 5.49. The van der Waals surface area contributed by atoms with Crippen molar-refractivity contribution in [3.05, 3.63) is 53.7 Å². The highest BCUT2D eigenvalue weighted by Crippen LogP contribution is 2.17. The molecule has 0 radical (unpaired) electrons. The highest BCUT2D eigenvalue weighted by molar-refractivity contribution is 5.92. The van der Waals surface area contributed by atoms with Crippen molar-refractivity contribution < 1.29 is 9.53 Å². The van der Waals surface area contributed by atoms with Crippen LogP contribution in [0.15, 0.2) is 42.5 Å². The second kappa shape index (κ2) is 7.19. The molecule has 1 saturated heterocycles. The van der Waals surface area contributed by atoms with Gasteiger partial charge in [-0.2, -0.15) is 0 Å². The number of rotatable bonds is 4. The van der Waals surface area contributed by atoms with Crippen molar-refractivity contribution in [1.82, 2.24) is 15.1 Å². The van der Waals surface area contributed by atoms with Gasteiger partial charge in [0.1, 0.15) is 5.82 Å². The molecule has 0 saturated carbocycles. The molecule has 6 heteroatoms. The van der Waals surface area contributed by atoms with Gasteiger partial charge in [0, 0.05) is 19.1 Å². The number of carbonyl (C=O) groups is 1. The molecule has 23 heavy (non-hydrogen) atoms. The first-order valence-electron chi connectivity index (χ1n) is 7.76. The molecular weight excluding hydrogens is 292 g/mol. The van der Waals surface area contributed by atoms with Crippen LogP contribution in [-0.2, 0) is 4.74 Å². The summed E-state index contributed by atoms with van der Waals surface area (Å²) < 4.78 is 5.25. The van der Waals surface area contributed by atoms with Crippen molar-refractivity contribution in [2.24, 2.45) is 0 Å². The third-order valence-electron chi connectivity index (χ3n) is 3.85. The van der Waals surface area contributed by atoms with Crippen molar-refractivity contribution in [3.63, 3.8) is 0 Å². The summed E-state index contributed by atoms with van der Waals surface area (Å²) in [4.78, 5) is 14.0. The molecule has 0 bridgehead atoms. The van der Waals surface area contributed by atoms with Crippen LogP contribution in [-0.4, -0.2) is 47.3 Å². The minimum Gasteiger partial charge on any atom is -0.378 e. The number of amides is 1. The fourth-order valence-corrected chi connectivity index (χ4v) is 2.50. The fraction of sp³-hybridized carbons (Fsp3) is 0.353. The topological polar surface area (TPSA) is 67.4 Å². The number of hydrogen-bond donors (Lipinski definition) is 1. The maximum absolute atomic E-state index is 12.3. The first kappa shape index (κ1) is 15.4. The lowest BCUT2D eigenvalue weighted by Gasteiger charge is -2.26. The molecule has 1 amide bonds. The largest absolute Gasteiger partial charge is 0.378 e. The van der Waals surface area contributed by atoms with E-state index in [1.807, 2.05) is 18.2 Å². The lowest BCUT2D eigenvalue weighted by molar-refractivity contribution is 0.0298. The van der Waals surface area contributed by atoms with Gasteiger partial charge in [-0.1, -0.05) is 30.3 Å². The summed E-state index contributed by atoms with van der Waals surface area (Å²) in [7, 11) is 0.